The van der Waals surface area contributed by atoms with E-state index in [1.165, 1.54) is 0 Å². The third kappa shape index (κ3) is 3.65. The van der Waals surface area contributed by atoms with Crippen molar-refractivity contribution in [2.75, 3.05) is 0 Å². The monoisotopic (exact) mass is 225 g/mol. The first-order valence-corrected chi connectivity index (χ1v) is 5.43. The predicted octanol–water partition coefficient (Wildman–Crippen LogP) is 2.61. The first-order valence-electron chi connectivity index (χ1n) is 5.43. The third-order valence-electron chi connectivity index (χ3n) is 2.82. The van der Waals surface area contributed by atoms with E-state index in [1.54, 1.807) is 6.92 Å². The maximum atomic E-state index is 12.6. The van der Waals surface area contributed by atoms with Gasteiger partial charge in [0.15, 0.2) is 6.10 Å². The van der Waals surface area contributed by atoms with Crippen molar-refractivity contribution in [1.29, 1.82) is 0 Å². The highest BCUT2D eigenvalue weighted by molar-refractivity contribution is 4.81. The minimum atomic E-state index is -4.35. The standard InChI is InChI=1S/C10H18F3NO/c1-2-8(14)9(10(11,12)13)15-7-5-3-4-6-7/h7-9H,2-6,14H2,1H3. The van der Waals surface area contributed by atoms with Gasteiger partial charge in [0.25, 0.3) is 0 Å². The number of halogens is 3. The van der Waals surface area contributed by atoms with Crippen molar-refractivity contribution in [3.8, 4) is 0 Å². The van der Waals surface area contributed by atoms with Crippen LogP contribution in [0.2, 0.25) is 0 Å². The van der Waals surface area contributed by atoms with Crippen molar-refractivity contribution < 1.29 is 17.9 Å². The molecule has 0 bridgehead atoms. The number of nitrogens with two attached hydrogens (primary N) is 1. The van der Waals surface area contributed by atoms with Crippen molar-refractivity contribution >= 4 is 0 Å². The number of ether oxygens (including phenoxy) is 1. The second-order valence-corrected chi connectivity index (χ2v) is 4.08. The Balaban J connectivity index is 2.55. The molecule has 0 radical (unpaired) electrons. The molecule has 2 unspecified atom stereocenters. The molecule has 5 heteroatoms. The van der Waals surface area contributed by atoms with E-state index in [9.17, 15) is 13.2 Å². The zero-order chi connectivity index (χ0) is 11.5. The molecule has 2 N–H and O–H groups in total. The van der Waals surface area contributed by atoms with Gasteiger partial charge in [-0.3, -0.25) is 0 Å². The molecule has 1 saturated carbocycles. The summed E-state index contributed by atoms with van der Waals surface area (Å²) in [5, 5.41) is 0. The Kier molecular flexibility index (Phi) is 4.40. The first kappa shape index (κ1) is 12.8. The number of rotatable bonds is 4. The minimum absolute atomic E-state index is 0.255. The normalized spacial score (nSPS) is 23.0. The third-order valence-corrected chi connectivity index (χ3v) is 2.82. The Bertz CT molecular complexity index is 190. The van der Waals surface area contributed by atoms with Crippen LogP contribution in [0.25, 0.3) is 0 Å². The fraction of sp³-hybridized carbons (Fsp3) is 1.00. The minimum Gasteiger partial charge on any atom is -0.364 e. The zero-order valence-electron chi connectivity index (χ0n) is 8.89. The lowest BCUT2D eigenvalue weighted by atomic mass is 10.1. The van der Waals surface area contributed by atoms with Crippen LogP contribution < -0.4 is 5.73 Å². The fourth-order valence-electron chi connectivity index (χ4n) is 1.87. The highest BCUT2D eigenvalue weighted by Crippen LogP contribution is 2.31. The highest BCUT2D eigenvalue weighted by atomic mass is 19.4. The van der Waals surface area contributed by atoms with Gasteiger partial charge in [-0.25, -0.2) is 0 Å². The molecule has 0 saturated heterocycles. The van der Waals surface area contributed by atoms with Crippen molar-refractivity contribution in [1.82, 2.24) is 0 Å². The van der Waals surface area contributed by atoms with Gasteiger partial charge in [-0.15, -0.1) is 0 Å². The number of hydrogen-bond acceptors (Lipinski definition) is 2. The quantitative estimate of drug-likeness (QED) is 0.798. The summed E-state index contributed by atoms with van der Waals surface area (Å²) in [6.45, 7) is 1.64. The largest absolute Gasteiger partial charge is 0.416 e. The van der Waals surface area contributed by atoms with Crippen molar-refractivity contribution in [3.05, 3.63) is 0 Å². The average Bonchev–Trinajstić information content (AvgIpc) is 2.63. The van der Waals surface area contributed by atoms with Crippen LogP contribution in [-0.2, 0) is 4.74 Å². The molecule has 1 rings (SSSR count). The van der Waals surface area contributed by atoms with Crippen LogP contribution in [-0.4, -0.2) is 24.4 Å². The Morgan fingerprint density at radius 1 is 1.33 bits per heavy atom. The van der Waals surface area contributed by atoms with Gasteiger partial charge >= 0.3 is 6.18 Å². The maximum Gasteiger partial charge on any atom is 0.416 e. The number of hydrogen-bond donors (Lipinski definition) is 1. The topological polar surface area (TPSA) is 35.2 Å². The van der Waals surface area contributed by atoms with Crippen LogP contribution >= 0.6 is 0 Å². The molecule has 0 amide bonds. The lowest BCUT2D eigenvalue weighted by Crippen LogP contribution is -2.48. The molecule has 0 aliphatic heterocycles. The van der Waals surface area contributed by atoms with Crippen LogP contribution in [0, 0.1) is 0 Å². The molecule has 2 nitrogen and oxygen atoms in total. The van der Waals surface area contributed by atoms with Crippen LogP contribution in [0.1, 0.15) is 39.0 Å². The van der Waals surface area contributed by atoms with Crippen LogP contribution in [0.4, 0.5) is 13.2 Å². The van der Waals surface area contributed by atoms with E-state index >= 15 is 0 Å². The Labute approximate surface area is 88.0 Å². The lowest BCUT2D eigenvalue weighted by Gasteiger charge is -2.28. The van der Waals surface area contributed by atoms with Gasteiger partial charge in [0.05, 0.1) is 6.10 Å². The van der Waals surface area contributed by atoms with Crippen LogP contribution in [0.15, 0.2) is 0 Å². The van der Waals surface area contributed by atoms with Gasteiger partial charge in [0.2, 0.25) is 0 Å². The molecule has 90 valence electrons. The summed E-state index contributed by atoms with van der Waals surface area (Å²) in [4.78, 5) is 0. The molecular weight excluding hydrogens is 207 g/mol. The van der Waals surface area contributed by atoms with E-state index in [1.807, 2.05) is 0 Å². The van der Waals surface area contributed by atoms with Gasteiger partial charge in [-0.1, -0.05) is 19.8 Å². The molecule has 0 aromatic rings. The Morgan fingerprint density at radius 3 is 2.27 bits per heavy atom. The van der Waals surface area contributed by atoms with Crippen molar-refractivity contribution in [2.24, 2.45) is 5.73 Å². The predicted molar refractivity (Wildman–Crippen MR) is 51.5 cm³/mol. The van der Waals surface area contributed by atoms with Crippen molar-refractivity contribution in [2.45, 2.75) is 63.5 Å². The molecule has 1 aliphatic carbocycles. The Morgan fingerprint density at radius 2 is 1.87 bits per heavy atom. The molecule has 0 aromatic carbocycles. The maximum absolute atomic E-state index is 12.6. The molecule has 0 spiro atoms. The summed E-state index contributed by atoms with van der Waals surface area (Å²) < 4.78 is 42.9. The summed E-state index contributed by atoms with van der Waals surface area (Å²) in [6.07, 6.45) is -2.77. The zero-order valence-corrected chi connectivity index (χ0v) is 8.89. The summed E-state index contributed by atoms with van der Waals surface area (Å²) in [6, 6.07) is -0.953. The second kappa shape index (κ2) is 5.16. The van der Waals surface area contributed by atoms with Crippen molar-refractivity contribution in [3.63, 3.8) is 0 Å². The van der Waals surface area contributed by atoms with E-state index in [0.29, 0.717) is 0 Å². The summed E-state index contributed by atoms with van der Waals surface area (Å²) >= 11 is 0. The van der Waals surface area contributed by atoms with Gasteiger partial charge in [-0.05, 0) is 19.3 Å². The van der Waals surface area contributed by atoms with Gasteiger partial charge < -0.3 is 10.5 Å². The Hall–Kier alpha value is -0.290. The molecule has 1 aliphatic rings. The summed E-state index contributed by atoms with van der Waals surface area (Å²) in [5.41, 5.74) is 5.44. The lowest BCUT2D eigenvalue weighted by molar-refractivity contribution is -0.238. The van der Waals surface area contributed by atoms with E-state index in [-0.39, 0.29) is 12.5 Å². The molecule has 0 heterocycles. The second-order valence-electron chi connectivity index (χ2n) is 4.08. The van der Waals surface area contributed by atoms with Gasteiger partial charge in [0.1, 0.15) is 0 Å². The molecular formula is C10H18F3NO. The molecule has 2 atom stereocenters. The van der Waals surface area contributed by atoms with E-state index in [0.717, 1.165) is 25.7 Å². The molecule has 0 aromatic heterocycles. The van der Waals surface area contributed by atoms with E-state index in [4.69, 9.17) is 10.5 Å². The number of alkyl halides is 3. The SMILES string of the molecule is CCC(N)C(OC1CCCC1)C(F)(F)F. The summed E-state index contributed by atoms with van der Waals surface area (Å²) in [7, 11) is 0. The first-order chi connectivity index (χ1) is 6.95. The molecule has 15 heavy (non-hydrogen) atoms. The van der Waals surface area contributed by atoms with Crippen LogP contribution in [0.5, 0.6) is 0 Å². The summed E-state index contributed by atoms with van der Waals surface area (Å²) in [5.74, 6) is 0. The van der Waals surface area contributed by atoms with E-state index in [2.05, 4.69) is 0 Å². The van der Waals surface area contributed by atoms with E-state index < -0.39 is 18.3 Å². The van der Waals surface area contributed by atoms with Gasteiger partial charge in [0, 0.05) is 6.04 Å². The fourth-order valence-corrected chi connectivity index (χ4v) is 1.87. The highest BCUT2D eigenvalue weighted by Gasteiger charge is 2.45. The smallest absolute Gasteiger partial charge is 0.364 e. The average molecular weight is 225 g/mol. The van der Waals surface area contributed by atoms with Crippen LogP contribution in [0.3, 0.4) is 0 Å². The molecule has 1 fully saturated rings. The van der Waals surface area contributed by atoms with Gasteiger partial charge in [-0.2, -0.15) is 13.2 Å².